The largest absolute Gasteiger partial charge is 0.389 e. The summed E-state index contributed by atoms with van der Waals surface area (Å²) >= 11 is 0. The summed E-state index contributed by atoms with van der Waals surface area (Å²) in [6, 6.07) is 9.38. The minimum atomic E-state index is -0.619. The minimum Gasteiger partial charge on any atom is -0.389 e. The van der Waals surface area contributed by atoms with Crippen molar-refractivity contribution in [1.29, 1.82) is 10.5 Å². The topological polar surface area (TPSA) is 80.3 Å². The molecule has 0 amide bonds. The Labute approximate surface area is 112 Å². The lowest BCUT2D eigenvalue weighted by molar-refractivity contribution is 0.0761. The highest BCUT2D eigenvalue weighted by molar-refractivity contribution is 5.59. The lowest BCUT2D eigenvalue weighted by Crippen LogP contribution is -2.42. The standard InChI is InChI=1S/C14H15N3O2/c1-10(18)13-3-2-11(7-15)6-14(13)17-4-5-19-12(8-16)9-17/h2-3,6,10,12,18H,4-5,9H2,1H3. The van der Waals surface area contributed by atoms with Crippen LogP contribution in [0.25, 0.3) is 0 Å². The van der Waals surface area contributed by atoms with Crippen molar-refractivity contribution in [2.75, 3.05) is 24.6 Å². The van der Waals surface area contributed by atoms with Gasteiger partial charge in [0.05, 0.1) is 37.0 Å². The van der Waals surface area contributed by atoms with Crippen LogP contribution < -0.4 is 4.90 Å². The van der Waals surface area contributed by atoms with Crippen molar-refractivity contribution in [3.8, 4) is 12.1 Å². The molecule has 2 atom stereocenters. The van der Waals surface area contributed by atoms with Crippen LogP contribution in [0.15, 0.2) is 18.2 Å². The van der Waals surface area contributed by atoms with Crippen molar-refractivity contribution in [3.05, 3.63) is 29.3 Å². The Morgan fingerprint density at radius 2 is 2.26 bits per heavy atom. The maximum absolute atomic E-state index is 9.82. The van der Waals surface area contributed by atoms with E-state index in [1.54, 1.807) is 25.1 Å². The highest BCUT2D eigenvalue weighted by Crippen LogP contribution is 2.29. The van der Waals surface area contributed by atoms with Crippen LogP contribution in [-0.2, 0) is 4.74 Å². The average Bonchev–Trinajstić information content (AvgIpc) is 2.46. The molecule has 0 aromatic heterocycles. The molecule has 5 nitrogen and oxygen atoms in total. The number of aliphatic hydroxyl groups excluding tert-OH is 1. The molecule has 19 heavy (non-hydrogen) atoms. The SMILES string of the molecule is CC(O)c1ccc(C#N)cc1N1CCOC(C#N)C1. The summed E-state index contributed by atoms with van der Waals surface area (Å²) < 4.78 is 5.31. The number of nitrogens with zero attached hydrogens (tertiary/aromatic N) is 3. The number of hydrogen-bond acceptors (Lipinski definition) is 5. The molecule has 2 unspecified atom stereocenters. The van der Waals surface area contributed by atoms with E-state index < -0.39 is 12.2 Å². The number of morpholine rings is 1. The van der Waals surface area contributed by atoms with Crippen LogP contribution >= 0.6 is 0 Å². The second-order valence-corrected chi connectivity index (χ2v) is 4.50. The summed E-state index contributed by atoms with van der Waals surface area (Å²) in [5, 5.41) is 27.7. The predicted molar refractivity (Wildman–Crippen MR) is 69.4 cm³/mol. The Bertz CT molecular complexity index is 543. The van der Waals surface area contributed by atoms with E-state index in [1.807, 2.05) is 4.90 Å². The van der Waals surface area contributed by atoms with E-state index in [4.69, 9.17) is 15.3 Å². The first-order valence-corrected chi connectivity index (χ1v) is 6.14. The average molecular weight is 257 g/mol. The highest BCUT2D eigenvalue weighted by Gasteiger charge is 2.23. The first-order valence-electron chi connectivity index (χ1n) is 6.14. The molecule has 0 aliphatic carbocycles. The van der Waals surface area contributed by atoms with Crippen molar-refractivity contribution in [2.45, 2.75) is 19.1 Å². The monoisotopic (exact) mass is 257 g/mol. The number of hydrogen-bond donors (Lipinski definition) is 1. The van der Waals surface area contributed by atoms with Crippen molar-refractivity contribution < 1.29 is 9.84 Å². The second kappa shape index (κ2) is 5.71. The van der Waals surface area contributed by atoms with Gasteiger partial charge in [-0.15, -0.1) is 0 Å². The molecule has 2 rings (SSSR count). The van der Waals surface area contributed by atoms with E-state index in [2.05, 4.69) is 12.1 Å². The fourth-order valence-corrected chi connectivity index (χ4v) is 2.19. The van der Waals surface area contributed by atoms with Gasteiger partial charge in [0.2, 0.25) is 0 Å². The van der Waals surface area contributed by atoms with Gasteiger partial charge in [-0.3, -0.25) is 0 Å². The molecular formula is C14H15N3O2. The first kappa shape index (κ1) is 13.4. The van der Waals surface area contributed by atoms with Crippen LogP contribution in [0.2, 0.25) is 0 Å². The highest BCUT2D eigenvalue weighted by atomic mass is 16.5. The first-order chi connectivity index (χ1) is 9.15. The third kappa shape index (κ3) is 2.85. The van der Waals surface area contributed by atoms with Gasteiger partial charge in [-0.2, -0.15) is 10.5 Å². The quantitative estimate of drug-likeness (QED) is 0.864. The van der Waals surface area contributed by atoms with Gasteiger partial charge in [-0.25, -0.2) is 0 Å². The summed E-state index contributed by atoms with van der Waals surface area (Å²) in [4.78, 5) is 1.99. The Balaban J connectivity index is 2.36. The van der Waals surface area contributed by atoms with Crippen LogP contribution in [0.3, 0.4) is 0 Å². The molecule has 0 spiro atoms. The van der Waals surface area contributed by atoms with Crippen molar-refractivity contribution in [2.24, 2.45) is 0 Å². The Kier molecular flexibility index (Phi) is 4.01. The molecule has 1 fully saturated rings. The van der Waals surface area contributed by atoms with E-state index in [0.717, 1.165) is 11.3 Å². The summed E-state index contributed by atoms with van der Waals surface area (Å²) in [5.74, 6) is 0. The maximum atomic E-state index is 9.82. The van der Waals surface area contributed by atoms with Crippen LogP contribution in [0.5, 0.6) is 0 Å². The summed E-state index contributed by atoms with van der Waals surface area (Å²) in [5.41, 5.74) is 2.11. The van der Waals surface area contributed by atoms with Crippen molar-refractivity contribution >= 4 is 5.69 Å². The number of benzene rings is 1. The number of anilines is 1. The lowest BCUT2D eigenvalue weighted by atomic mass is 10.0. The lowest BCUT2D eigenvalue weighted by Gasteiger charge is -2.33. The Hall–Kier alpha value is -2.08. The van der Waals surface area contributed by atoms with E-state index >= 15 is 0 Å². The Morgan fingerprint density at radius 1 is 1.47 bits per heavy atom. The molecule has 5 heteroatoms. The normalized spacial score (nSPS) is 20.4. The molecular weight excluding hydrogens is 242 g/mol. The molecule has 0 bridgehead atoms. The smallest absolute Gasteiger partial charge is 0.161 e. The molecule has 0 radical (unpaired) electrons. The third-order valence-corrected chi connectivity index (χ3v) is 3.16. The van der Waals surface area contributed by atoms with Crippen LogP contribution in [0.4, 0.5) is 5.69 Å². The summed E-state index contributed by atoms with van der Waals surface area (Å²) in [6.45, 7) is 3.25. The third-order valence-electron chi connectivity index (χ3n) is 3.16. The zero-order chi connectivity index (χ0) is 13.8. The molecule has 1 heterocycles. The van der Waals surface area contributed by atoms with Gasteiger partial charge in [0.1, 0.15) is 0 Å². The van der Waals surface area contributed by atoms with E-state index in [-0.39, 0.29) is 0 Å². The van der Waals surface area contributed by atoms with E-state index in [1.165, 1.54) is 0 Å². The van der Waals surface area contributed by atoms with Gasteiger partial charge < -0.3 is 14.7 Å². The predicted octanol–water partition coefficient (Wildman–Crippen LogP) is 1.34. The zero-order valence-electron chi connectivity index (χ0n) is 10.7. The molecule has 98 valence electrons. The number of ether oxygens (including phenoxy) is 1. The van der Waals surface area contributed by atoms with Crippen molar-refractivity contribution in [1.82, 2.24) is 0 Å². The van der Waals surface area contributed by atoms with E-state index in [9.17, 15) is 5.11 Å². The van der Waals surface area contributed by atoms with Crippen LogP contribution in [0.1, 0.15) is 24.2 Å². The zero-order valence-corrected chi connectivity index (χ0v) is 10.7. The number of nitriles is 2. The fraction of sp³-hybridized carbons (Fsp3) is 0.429. The van der Waals surface area contributed by atoms with Crippen molar-refractivity contribution in [3.63, 3.8) is 0 Å². The van der Waals surface area contributed by atoms with Gasteiger partial charge >= 0.3 is 0 Å². The van der Waals surface area contributed by atoms with Crippen LogP contribution in [0, 0.1) is 22.7 Å². The van der Waals surface area contributed by atoms with E-state index in [0.29, 0.717) is 25.3 Å². The van der Waals surface area contributed by atoms with Crippen LogP contribution in [-0.4, -0.2) is 30.9 Å². The van der Waals surface area contributed by atoms with Gasteiger partial charge in [-0.05, 0) is 19.1 Å². The summed E-state index contributed by atoms with van der Waals surface area (Å²) in [6.07, 6.45) is -1.09. The van der Waals surface area contributed by atoms with Gasteiger partial charge in [0, 0.05) is 17.8 Å². The molecule has 1 aliphatic heterocycles. The van der Waals surface area contributed by atoms with Gasteiger partial charge in [0.25, 0.3) is 0 Å². The Morgan fingerprint density at radius 3 is 2.89 bits per heavy atom. The number of rotatable bonds is 2. The van der Waals surface area contributed by atoms with Gasteiger partial charge in [0.15, 0.2) is 6.10 Å². The molecule has 1 aliphatic rings. The second-order valence-electron chi connectivity index (χ2n) is 4.50. The molecule has 0 saturated carbocycles. The molecule has 1 aromatic rings. The molecule has 1 saturated heterocycles. The summed E-state index contributed by atoms with van der Waals surface area (Å²) in [7, 11) is 0. The molecule has 1 aromatic carbocycles. The molecule has 1 N–H and O–H groups in total. The maximum Gasteiger partial charge on any atom is 0.161 e. The fourth-order valence-electron chi connectivity index (χ4n) is 2.19. The number of aliphatic hydroxyl groups is 1. The minimum absolute atomic E-state index is 0.450. The van der Waals surface area contributed by atoms with Gasteiger partial charge in [-0.1, -0.05) is 6.07 Å².